The zero-order valence-corrected chi connectivity index (χ0v) is 14.0. The van der Waals surface area contributed by atoms with Gasteiger partial charge in [-0.05, 0) is 36.8 Å². The van der Waals surface area contributed by atoms with Crippen LogP contribution in [0.3, 0.4) is 0 Å². The fourth-order valence-electron chi connectivity index (χ4n) is 2.70. The standard InChI is InChI=1S/C15H23F3N4S/c1-19-14(20-6-4-13-3-2-8-23-13)21-9-12-5-7-22(10-12)11-15(16,17)18/h2-3,8,12H,4-7,9-11H2,1H3,(H2,19,20,21). The fourth-order valence-corrected chi connectivity index (χ4v) is 3.41. The van der Waals surface area contributed by atoms with Crippen LogP contribution in [0.5, 0.6) is 0 Å². The minimum Gasteiger partial charge on any atom is -0.356 e. The summed E-state index contributed by atoms with van der Waals surface area (Å²) in [6.07, 6.45) is -2.39. The Hall–Kier alpha value is -1.28. The van der Waals surface area contributed by atoms with Gasteiger partial charge >= 0.3 is 6.18 Å². The van der Waals surface area contributed by atoms with Crippen molar-refractivity contribution in [3.63, 3.8) is 0 Å². The molecule has 1 aliphatic heterocycles. The number of nitrogens with zero attached hydrogens (tertiary/aromatic N) is 2. The molecule has 2 heterocycles. The van der Waals surface area contributed by atoms with Gasteiger partial charge in [0.1, 0.15) is 0 Å². The Bertz CT molecular complexity index is 487. The summed E-state index contributed by atoms with van der Waals surface area (Å²) in [6.45, 7) is 1.62. The Morgan fingerprint density at radius 3 is 2.91 bits per heavy atom. The lowest BCUT2D eigenvalue weighted by Gasteiger charge is -2.18. The van der Waals surface area contributed by atoms with Gasteiger partial charge in [0, 0.05) is 31.6 Å². The smallest absolute Gasteiger partial charge is 0.356 e. The maximum absolute atomic E-state index is 12.4. The number of hydrogen-bond donors (Lipinski definition) is 2. The fraction of sp³-hybridized carbons (Fsp3) is 0.667. The van der Waals surface area contributed by atoms with Crippen LogP contribution in [0, 0.1) is 5.92 Å². The van der Waals surface area contributed by atoms with E-state index in [4.69, 9.17) is 0 Å². The topological polar surface area (TPSA) is 39.7 Å². The molecule has 1 aromatic heterocycles. The molecule has 23 heavy (non-hydrogen) atoms. The zero-order valence-electron chi connectivity index (χ0n) is 13.2. The van der Waals surface area contributed by atoms with Crippen LogP contribution in [0.25, 0.3) is 0 Å². The van der Waals surface area contributed by atoms with Gasteiger partial charge < -0.3 is 10.6 Å². The van der Waals surface area contributed by atoms with E-state index in [1.165, 1.54) is 9.78 Å². The van der Waals surface area contributed by atoms with Crippen LogP contribution in [0.2, 0.25) is 0 Å². The molecule has 0 aliphatic carbocycles. The summed E-state index contributed by atoms with van der Waals surface area (Å²) in [4.78, 5) is 6.93. The second kappa shape index (κ2) is 8.54. The molecule has 8 heteroatoms. The highest BCUT2D eigenvalue weighted by molar-refractivity contribution is 7.09. The molecule has 1 aliphatic rings. The van der Waals surface area contributed by atoms with E-state index in [-0.39, 0.29) is 5.92 Å². The van der Waals surface area contributed by atoms with Gasteiger partial charge in [-0.2, -0.15) is 13.2 Å². The van der Waals surface area contributed by atoms with Gasteiger partial charge in [0.2, 0.25) is 0 Å². The first-order chi connectivity index (χ1) is 11.0. The molecule has 0 radical (unpaired) electrons. The summed E-state index contributed by atoms with van der Waals surface area (Å²) in [7, 11) is 1.70. The average Bonchev–Trinajstić information content (AvgIpc) is 3.12. The molecule has 0 spiro atoms. The number of thiophene rings is 1. The number of likely N-dealkylation sites (tertiary alicyclic amines) is 1. The minimum absolute atomic E-state index is 0.230. The van der Waals surface area contributed by atoms with Gasteiger partial charge in [-0.3, -0.25) is 9.89 Å². The van der Waals surface area contributed by atoms with Crippen LogP contribution >= 0.6 is 11.3 Å². The predicted octanol–water partition coefficient (Wildman–Crippen LogP) is 2.34. The Labute approximate surface area is 138 Å². The highest BCUT2D eigenvalue weighted by atomic mass is 32.1. The quantitative estimate of drug-likeness (QED) is 0.612. The van der Waals surface area contributed by atoms with Gasteiger partial charge in [0.15, 0.2) is 5.96 Å². The van der Waals surface area contributed by atoms with Gasteiger partial charge in [-0.15, -0.1) is 11.3 Å². The van der Waals surface area contributed by atoms with Crippen molar-refractivity contribution in [2.45, 2.75) is 19.0 Å². The first-order valence-corrected chi connectivity index (χ1v) is 8.60. The first kappa shape index (κ1) is 18.1. The molecule has 1 fully saturated rings. The summed E-state index contributed by atoms with van der Waals surface area (Å²) in [5.41, 5.74) is 0. The normalized spacial score (nSPS) is 20.0. The first-order valence-electron chi connectivity index (χ1n) is 7.72. The van der Waals surface area contributed by atoms with Crippen LogP contribution in [-0.2, 0) is 6.42 Å². The monoisotopic (exact) mass is 348 g/mol. The number of rotatable bonds is 6. The van der Waals surface area contributed by atoms with Gasteiger partial charge in [-0.1, -0.05) is 6.07 Å². The molecular formula is C15H23F3N4S. The molecular weight excluding hydrogens is 325 g/mol. The summed E-state index contributed by atoms with van der Waals surface area (Å²) in [6, 6.07) is 4.12. The van der Waals surface area contributed by atoms with Crippen LogP contribution in [0.15, 0.2) is 22.5 Å². The molecule has 0 aromatic carbocycles. The lowest BCUT2D eigenvalue weighted by Crippen LogP contribution is -2.41. The number of guanidine groups is 1. The van der Waals surface area contributed by atoms with Crippen molar-refractivity contribution in [3.8, 4) is 0 Å². The highest BCUT2D eigenvalue weighted by Crippen LogP contribution is 2.22. The number of aliphatic imine (C=N–C) groups is 1. The van der Waals surface area contributed by atoms with Gasteiger partial charge in [0.05, 0.1) is 6.54 Å². The largest absolute Gasteiger partial charge is 0.401 e. The zero-order chi connectivity index (χ0) is 16.7. The van der Waals surface area contributed by atoms with E-state index in [1.54, 1.807) is 18.4 Å². The minimum atomic E-state index is -4.11. The van der Waals surface area contributed by atoms with Crippen molar-refractivity contribution in [2.24, 2.45) is 10.9 Å². The van der Waals surface area contributed by atoms with Crippen molar-refractivity contribution in [1.82, 2.24) is 15.5 Å². The third-order valence-electron chi connectivity index (χ3n) is 3.80. The molecule has 2 N–H and O–H groups in total. The summed E-state index contributed by atoms with van der Waals surface area (Å²) in [5, 5.41) is 8.49. The molecule has 0 bridgehead atoms. The van der Waals surface area contributed by atoms with Crippen molar-refractivity contribution in [3.05, 3.63) is 22.4 Å². The number of hydrogen-bond acceptors (Lipinski definition) is 3. The molecule has 130 valence electrons. The Kier molecular flexibility index (Phi) is 6.71. The van der Waals surface area contributed by atoms with Crippen molar-refractivity contribution < 1.29 is 13.2 Å². The highest BCUT2D eigenvalue weighted by Gasteiger charge is 2.34. The van der Waals surface area contributed by atoms with E-state index in [9.17, 15) is 13.2 Å². The maximum Gasteiger partial charge on any atom is 0.401 e. The summed E-state index contributed by atoms with van der Waals surface area (Å²) >= 11 is 1.72. The molecule has 1 atom stereocenters. The van der Waals surface area contributed by atoms with Crippen LogP contribution in [0.1, 0.15) is 11.3 Å². The lowest BCUT2D eigenvalue weighted by atomic mass is 10.1. The lowest BCUT2D eigenvalue weighted by molar-refractivity contribution is -0.143. The van der Waals surface area contributed by atoms with E-state index in [0.29, 0.717) is 25.6 Å². The number of nitrogens with one attached hydrogen (secondary N) is 2. The second-order valence-electron chi connectivity index (χ2n) is 5.71. The van der Waals surface area contributed by atoms with Crippen LogP contribution in [0.4, 0.5) is 13.2 Å². The van der Waals surface area contributed by atoms with E-state index >= 15 is 0 Å². The summed E-state index contributed by atoms with van der Waals surface area (Å²) in [5.74, 6) is 0.934. The Morgan fingerprint density at radius 2 is 2.26 bits per heavy atom. The third-order valence-corrected chi connectivity index (χ3v) is 4.73. The van der Waals surface area contributed by atoms with Crippen molar-refractivity contribution in [1.29, 1.82) is 0 Å². The molecule has 2 rings (SSSR count). The third kappa shape index (κ3) is 6.78. The van der Waals surface area contributed by atoms with Crippen molar-refractivity contribution >= 4 is 17.3 Å². The van der Waals surface area contributed by atoms with E-state index in [0.717, 1.165) is 19.4 Å². The molecule has 4 nitrogen and oxygen atoms in total. The summed E-state index contributed by atoms with van der Waals surface area (Å²) < 4.78 is 37.1. The number of alkyl halides is 3. The van der Waals surface area contributed by atoms with Gasteiger partial charge in [-0.25, -0.2) is 0 Å². The molecule has 0 saturated carbocycles. The van der Waals surface area contributed by atoms with E-state index < -0.39 is 12.7 Å². The van der Waals surface area contributed by atoms with Crippen LogP contribution < -0.4 is 10.6 Å². The maximum atomic E-state index is 12.4. The Balaban J connectivity index is 1.64. The SMILES string of the molecule is CN=C(NCCc1cccs1)NCC1CCN(CC(F)(F)F)C1. The molecule has 0 amide bonds. The predicted molar refractivity (Wildman–Crippen MR) is 88.0 cm³/mol. The molecule has 1 unspecified atom stereocenters. The van der Waals surface area contributed by atoms with E-state index in [1.807, 2.05) is 6.07 Å². The van der Waals surface area contributed by atoms with E-state index in [2.05, 4.69) is 27.1 Å². The van der Waals surface area contributed by atoms with Crippen LogP contribution in [-0.4, -0.2) is 56.8 Å². The molecule has 1 saturated heterocycles. The Morgan fingerprint density at radius 1 is 1.43 bits per heavy atom. The average molecular weight is 348 g/mol. The molecule has 1 aromatic rings. The second-order valence-corrected chi connectivity index (χ2v) is 6.75. The van der Waals surface area contributed by atoms with Crippen molar-refractivity contribution in [2.75, 3.05) is 39.8 Å². The number of halogens is 3. The van der Waals surface area contributed by atoms with Gasteiger partial charge in [0.25, 0.3) is 0 Å².